The molecule has 7 nitrogen and oxygen atoms in total. The fourth-order valence-electron chi connectivity index (χ4n) is 1.55. The minimum atomic E-state index is -0.459. The molecule has 9 heteroatoms. The Morgan fingerprint density at radius 3 is 2.71 bits per heavy atom. The summed E-state index contributed by atoms with van der Waals surface area (Å²) < 4.78 is 5.02. The maximum Gasteiger partial charge on any atom is 0.270 e. The lowest BCUT2D eigenvalue weighted by Crippen LogP contribution is -2.13. The number of allylic oxidation sites excluding steroid dienone is 1. The third-order valence-electron chi connectivity index (χ3n) is 2.44. The van der Waals surface area contributed by atoms with Crippen molar-refractivity contribution >= 4 is 35.1 Å². The van der Waals surface area contributed by atoms with E-state index in [0.717, 1.165) is 0 Å². The van der Waals surface area contributed by atoms with Crippen molar-refractivity contribution in [1.29, 1.82) is 0 Å². The number of anilines is 1. The van der Waals surface area contributed by atoms with E-state index in [-0.39, 0.29) is 21.6 Å². The van der Waals surface area contributed by atoms with E-state index in [1.54, 1.807) is 6.08 Å². The summed E-state index contributed by atoms with van der Waals surface area (Å²) in [6, 6.07) is 2.88. The molecule has 1 aromatic heterocycles. The Morgan fingerprint density at radius 2 is 2.14 bits per heavy atom. The van der Waals surface area contributed by atoms with Crippen LogP contribution in [0.25, 0.3) is 0 Å². The van der Waals surface area contributed by atoms with Crippen molar-refractivity contribution in [3.63, 3.8) is 0 Å². The van der Waals surface area contributed by atoms with Gasteiger partial charge in [0.05, 0.1) is 23.7 Å². The minimum Gasteiger partial charge on any atom is -0.494 e. The van der Waals surface area contributed by atoms with Crippen molar-refractivity contribution in [2.75, 3.05) is 12.4 Å². The number of ether oxygens (including phenoxy) is 1. The summed E-state index contributed by atoms with van der Waals surface area (Å²) in [6.07, 6.45) is 1.61. The Morgan fingerprint density at radius 1 is 1.48 bits per heavy atom. The maximum atomic E-state index is 12.1. The van der Waals surface area contributed by atoms with Gasteiger partial charge in [0.2, 0.25) is 0 Å². The molecule has 2 rings (SSSR count). The molecule has 0 unspecified atom stereocenters. The topological polar surface area (TPSA) is 81.9 Å². The molecule has 1 N–H and O–H groups in total. The number of methoxy groups -OCH3 is 1. The number of carbonyl (C=O) groups is 1. The second kappa shape index (κ2) is 6.55. The van der Waals surface area contributed by atoms with Crippen LogP contribution in [0.1, 0.15) is 10.4 Å². The fourth-order valence-corrected chi connectivity index (χ4v) is 2.19. The van der Waals surface area contributed by atoms with E-state index < -0.39 is 5.91 Å². The van der Waals surface area contributed by atoms with Gasteiger partial charge in [-0.3, -0.25) is 10.1 Å². The number of tetrazole rings is 1. The van der Waals surface area contributed by atoms with Crippen LogP contribution in [-0.4, -0.2) is 33.2 Å². The van der Waals surface area contributed by atoms with Crippen LogP contribution in [0.3, 0.4) is 0 Å². The molecular formula is C12H11Cl2N5O2. The van der Waals surface area contributed by atoms with E-state index in [1.165, 1.54) is 24.0 Å². The van der Waals surface area contributed by atoms with Crippen molar-refractivity contribution in [1.82, 2.24) is 20.2 Å². The van der Waals surface area contributed by atoms with Crippen LogP contribution in [0.5, 0.6) is 5.75 Å². The van der Waals surface area contributed by atoms with E-state index in [4.69, 9.17) is 27.9 Å². The van der Waals surface area contributed by atoms with Gasteiger partial charge in [-0.1, -0.05) is 34.4 Å². The molecule has 0 fully saturated rings. The molecule has 110 valence electrons. The van der Waals surface area contributed by atoms with E-state index >= 15 is 0 Å². The molecule has 21 heavy (non-hydrogen) atoms. The Balaban J connectivity index is 2.18. The first-order valence-corrected chi connectivity index (χ1v) is 6.54. The number of hydrogen-bond acceptors (Lipinski definition) is 5. The summed E-state index contributed by atoms with van der Waals surface area (Å²) >= 11 is 12.0. The van der Waals surface area contributed by atoms with E-state index in [2.05, 4.69) is 27.3 Å². The van der Waals surface area contributed by atoms with Crippen LogP contribution in [0.4, 0.5) is 5.95 Å². The Labute approximate surface area is 130 Å². The number of benzene rings is 1. The SMILES string of the molecule is C=CCn1nnc(NC(=O)c2cc(Cl)c(OC)c(Cl)c2)n1. The zero-order valence-corrected chi connectivity index (χ0v) is 12.5. The van der Waals surface area contributed by atoms with Crippen molar-refractivity contribution in [2.24, 2.45) is 0 Å². The van der Waals surface area contributed by atoms with Crippen LogP contribution in [-0.2, 0) is 6.54 Å². The second-order valence-electron chi connectivity index (χ2n) is 3.88. The highest BCUT2D eigenvalue weighted by molar-refractivity contribution is 6.37. The molecule has 0 saturated heterocycles. The Kier molecular flexibility index (Phi) is 4.77. The number of aromatic nitrogens is 4. The van der Waals surface area contributed by atoms with Crippen LogP contribution in [0.15, 0.2) is 24.8 Å². The summed E-state index contributed by atoms with van der Waals surface area (Å²) in [5.74, 6) is -0.0746. The smallest absolute Gasteiger partial charge is 0.270 e. The number of nitrogens with zero attached hydrogens (tertiary/aromatic N) is 4. The molecular weight excluding hydrogens is 317 g/mol. The lowest BCUT2D eigenvalue weighted by Gasteiger charge is -2.08. The van der Waals surface area contributed by atoms with Crippen molar-refractivity contribution in [3.8, 4) is 5.75 Å². The zero-order chi connectivity index (χ0) is 15.4. The molecule has 0 aliphatic carbocycles. The molecule has 0 atom stereocenters. The zero-order valence-electron chi connectivity index (χ0n) is 11.0. The highest BCUT2D eigenvalue weighted by atomic mass is 35.5. The van der Waals surface area contributed by atoms with Crippen molar-refractivity contribution < 1.29 is 9.53 Å². The molecule has 1 amide bonds. The molecule has 0 aliphatic rings. The lowest BCUT2D eigenvalue weighted by molar-refractivity contribution is 0.102. The van der Waals surface area contributed by atoms with Gasteiger partial charge in [0.15, 0.2) is 5.75 Å². The predicted octanol–water partition coefficient (Wildman–Crippen LogP) is 2.43. The van der Waals surface area contributed by atoms with E-state index in [1.807, 2.05) is 0 Å². The van der Waals surface area contributed by atoms with Crippen LogP contribution in [0.2, 0.25) is 10.0 Å². The normalized spacial score (nSPS) is 10.2. The summed E-state index contributed by atoms with van der Waals surface area (Å²) in [7, 11) is 1.44. The van der Waals surface area contributed by atoms with Gasteiger partial charge in [-0.25, -0.2) is 0 Å². The second-order valence-corrected chi connectivity index (χ2v) is 4.70. The van der Waals surface area contributed by atoms with E-state index in [0.29, 0.717) is 12.3 Å². The molecule has 1 heterocycles. The number of halogens is 2. The highest BCUT2D eigenvalue weighted by Gasteiger charge is 2.15. The Hall–Kier alpha value is -2.12. The molecule has 2 aromatic rings. The van der Waals surface area contributed by atoms with Crippen LogP contribution >= 0.6 is 23.2 Å². The fraction of sp³-hybridized carbons (Fsp3) is 0.167. The van der Waals surface area contributed by atoms with Crippen molar-refractivity contribution in [2.45, 2.75) is 6.54 Å². The molecule has 0 radical (unpaired) electrons. The van der Waals surface area contributed by atoms with Crippen LogP contribution in [0, 0.1) is 0 Å². The molecule has 0 aliphatic heterocycles. The number of nitrogens with one attached hydrogen (secondary N) is 1. The standard InChI is InChI=1S/C12H11Cl2N5O2/c1-3-4-19-17-12(16-18-19)15-11(20)7-5-8(13)10(21-2)9(14)6-7/h3,5-6H,1,4H2,2H3,(H,15,17,20). The number of carbonyl (C=O) groups excluding carboxylic acids is 1. The third kappa shape index (κ3) is 3.50. The number of hydrogen-bond donors (Lipinski definition) is 1. The first-order chi connectivity index (χ1) is 10.0. The van der Waals surface area contributed by atoms with Gasteiger partial charge in [0.25, 0.3) is 11.9 Å². The largest absolute Gasteiger partial charge is 0.494 e. The molecule has 0 saturated carbocycles. The molecule has 1 aromatic carbocycles. The summed E-state index contributed by atoms with van der Waals surface area (Å²) in [5.41, 5.74) is 0.255. The molecule has 0 bridgehead atoms. The minimum absolute atomic E-state index is 0.0740. The summed E-state index contributed by atoms with van der Waals surface area (Å²) in [6.45, 7) is 3.94. The maximum absolute atomic E-state index is 12.1. The number of amides is 1. The number of rotatable bonds is 5. The van der Waals surface area contributed by atoms with Gasteiger partial charge in [0, 0.05) is 5.56 Å². The first kappa shape index (κ1) is 15.3. The summed E-state index contributed by atoms with van der Waals surface area (Å²) in [4.78, 5) is 13.4. The lowest BCUT2D eigenvalue weighted by atomic mass is 10.2. The van der Waals surface area contributed by atoms with Gasteiger partial charge in [0.1, 0.15) is 0 Å². The average molecular weight is 328 g/mol. The quantitative estimate of drug-likeness (QED) is 0.853. The van der Waals surface area contributed by atoms with Gasteiger partial charge in [-0.15, -0.1) is 11.7 Å². The van der Waals surface area contributed by atoms with Gasteiger partial charge >= 0.3 is 0 Å². The van der Waals surface area contributed by atoms with Gasteiger partial charge in [-0.05, 0) is 17.3 Å². The van der Waals surface area contributed by atoms with E-state index in [9.17, 15) is 4.79 Å². The average Bonchev–Trinajstić information content (AvgIpc) is 2.86. The summed E-state index contributed by atoms with van der Waals surface area (Å²) in [5, 5.41) is 14.3. The highest BCUT2D eigenvalue weighted by Crippen LogP contribution is 2.33. The van der Waals surface area contributed by atoms with Gasteiger partial charge in [-0.2, -0.15) is 4.80 Å². The van der Waals surface area contributed by atoms with Crippen molar-refractivity contribution in [3.05, 3.63) is 40.4 Å². The van der Waals surface area contributed by atoms with Crippen LogP contribution < -0.4 is 10.1 Å². The van der Waals surface area contributed by atoms with Gasteiger partial charge < -0.3 is 4.74 Å². The molecule has 0 spiro atoms. The third-order valence-corrected chi connectivity index (χ3v) is 3.00. The predicted molar refractivity (Wildman–Crippen MR) is 79.0 cm³/mol. The Bertz CT molecular complexity index is 663. The monoisotopic (exact) mass is 327 g/mol. The first-order valence-electron chi connectivity index (χ1n) is 5.78.